The molecule has 1 aliphatic heterocycles. The molecule has 3 heteroatoms. The highest BCUT2D eigenvalue weighted by Crippen LogP contribution is 2.89. The highest BCUT2D eigenvalue weighted by atomic mass is 32.2. The van der Waals surface area contributed by atoms with E-state index >= 15 is 0 Å². The quantitative estimate of drug-likeness (QED) is 0.185. The van der Waals surface area contributed by atoms with Gasteiger partial charge in [0.1, 0.15) is 11.2 Å². The Labute approximate surface area is 305 Å². The molecule has 0 radical (unpaired) electrons. The zero-order valence-electron chi connectivity index (χ0n) is 30.1. The molecule has 5 aliphatic carbocycles. The number of para-hydroxylation sites is 1. The van der Waals surface area contributed by atoms with Crippen LogP contribution in [0.3, 0.4) is 0 Å². The summed E-state index contributed by atoms with van der Waals surface area (Å²) >= 11 is 2.01. The van der Waals surface area contributed by atoms with Crippen LogP contribution in [0.1, 0.15) is 88.5 Å². The summed E-state index contributed by atoms with van der Waals surface area (Å²) in [6.07, 6.45) is 8.19. The summed E-state index contributed by atoms with van der Waals surface area (Å²) in [6, 6.07) is 39.6. The first-order chi connectivity index (χ1) is 24.7. The van der Waals surface area contributed by atoms with Crippen molar-refractivity contribution < 1.29 is 4.42 Å². The first-order valence-corrected chi connectivity index (χ1v) is 20.3. The van der Waals surface area contributed by atoms with Gasteiger partial charge in [0.2, 0.25) is 0 Å². The number of anilines is 3. The Morgan fingerprint density at radius 1 is 0.627 bits per heavy atom. The Hall–Kier alpha value is -3.95. The number of nitrogens with zero attached hydrogens (tertiary/aromatic N) is 1. The Morgan fingerprint density at radius 3 is 2.25 bits per heavy atom. The van der Waals surface area contributed by atoms with Gasteiger partial charge < -0.3 is 9.32 Å². The number of fused-ring (bicyclic) bond motifs is 11. The molecule has 1 aromatic heterocycles. The Balaban J connectivity index is 1.11. The molecule has 254 valence electrons. The van der Waals surface area contributed by atoms with Crippen molar-refractivity contribution in [2.75, 3.05) is 4.90 Å². The molecular formula is C48H45NOS. The summed E-state index contributed by atoms with van der Waals surface area (Å²) < 4.78 is 6.56. The van der Waals surface area contributed by atoms with Crippen molar-refractivity contribution in [1.29, 1.82) is 0 Å². The lowest BCUT2D eigenvalue weighted by Gasteiger charge is -2.78. The summed E-state index contributed by atoms with van der Waals surface area (Å²) in [5.74, 6) is 3.45. The van der Waals surface area contributed by atoms with Crippen molar-refractivity contribution in [2.24, 2.45) is 29.1 Å². The average Bonchev–Trinajstić information content (AvgIpc) is 3.79. The summed E-state index contributed by atoms with van der Waals surface area (Å²) in [5.41, 5.74) is 12.8. The Kier molecular flexibility index (Phi) is 5.53. The third-order valence-corrected chi connectivity index (χ3v) is 16.6. The first-order valence-electron chi connectivity index (χ1n) is 19.5. The minimum Gasteiger partial charge on any atom is -0.456 e. The zero-order chi connectivity index (χ0) is 34.1. The standard InChI is InChI=1S/C48H45NOS/c1-45(2)20-21-46(3,4)44-35(45)12-9-13-37(44)49(31-16-18-33-32-10-5-7-14-38(32)50-39(33)26-31)30-17-19-41-36(25-30)48(34-11-6-8-15-40(34)51-41)42-23-28-22-29-24-43(48)47(29,42)27-28/h5-19,25-26,28-29,42-43H,20-24,27H2,1-4H3. The van der Waals surface area contributed by atoms with Crippen molar-refractivity contribution in [3.63, 3.8) is 0 Å². The average molecular weight is 684 g/mol. The predicted molar refractivity (Wildman–Crippen MR) is 210 cm³/mol. The van der Waals surface area contributed by atoms with E-state index in [1.54, 1.807) is 11.1 Å². The second-order valence-electron chi connectivity index (χ2n) is 18.4. The molecule has 2 heterocycles. The molecule has 6 unspecified atom stereocenters. The summed E-state index contributed by atoms with van der Waals surface area (Å²) in [5, 5.41) is 2.36. The summed E-state index contributed by atoms with van der Waals surface area (Å²) in [6.45, 7) is 9.83. The van der Waals surface area contributed by atoms with Gasteiger partial charge >= 0.3 is 0 Å². The summed E-state index contributed by atoms with van der Waals surface area (Å²) in [7, 11) is 0. The molecule has 5 aromatic carbocycles. The maximum atomic E-state index is 6.56. The van der Waals surface area contributed by atoms with Crippen LogP contribution in [0.25, 0.3) is 21.9 Å². The van der Waals surface area contributed by atoms with Crippen molar-refractivity contribution in [3.05, 3.63) is 125 Å². The number of furan rings is 1. The van der Waals surface area contributed by atoms with Gasteiger partial charge in [-0.05, 0) is 149 Å². The molecule has 0 N–H and O–H groups in total. The fourth-order valence-electron chi connectivity index (χ4n) is 13.4. The van der Waals surface area contributed by atoms with Gasteiger partial charge in [-0.3, -0.25) is 0 Å². The van der Waals surface area contributed by atoms with Crippen LogP contribution in [0.4, 0.5) is 17.1 Å². The van der Waals surface area contributed by atoms with E-state index in [1.165, 1.54) is 87.3 Å². The lowest BCUT2D eigenvalue weighted by molar-refractivity contribution is -0.235. The van der Waals surface area contributed by atoms with Gasteiger partial charge in [0.05, 0.1) is 5.69 Å². The van der Waals surface area contributed by atoms with E-state index in [2.05, 4.69) is 136 Å². The van der Waals surface area contributed by atoms with Crippen LogP contribution < -0.4 is 4.90 Å². The maximum absolute atomic E-state index is 6.56. The molecule has 0 amide bonds. The second-order valence-corrected chi connectivity index (χ2v) is 19.5. The molecule has 0 saturated heterocycles. The van der Waals surface area contributed by atoms with E-state index in [1.807, 2.05) is 11.8 Å². The lowest BCUT2D eigenvalue weighted by Crippen LogP contribution is -2.74. The van der Waals surface area contributed by atoms with E-state index in [-0.39, 0.29) is 16.2 Å². The molecule has 2 nitrogen and oxygen atoms in total. The highest BCUT2D eigenvalue weighted by molar-refractivity contribution is 7.99. The largest absolute Gasteiger partial charge is 0.456 e. The highest BCUT2D eigenvalue weighted by Gasteiger charge is 2.84. The Morgan fingerprint density at radius 2 is 1.35 bits per heavy atom. The topological polar surface area (TPSA) is 16.4 Å². The smallest absolute Gasteiger partial charge is 0.137 e. The number of rotatable bonds is 3. The molecule has 4 saturated carbocycles. The maximum Gasteiger partial charge on any atom is 0.137 e. The minimum atomic E-state index is 0.0533. The van der Waals surface area contributed by atoms with Crippen LogP contribution in [-0.2, 0) is 16.2 Å². The monoisotopic (exact) mass is 683 g/mol. The zero-order valence-corrected chi connectivity index (χ0v) is 30.9. The Bertz CT molecular complexity index is 2490. The molecule has 12 rings (SSSR count). The molecule has 2 spiro atoms. The molecule has 4 fully saturated rings. The number of hydrogen-bond acceptors (Lipinski definition) is 3. The van der Waals surface area contributed by atoms with Crippen molar-refractivity contribution in [3.8, 4) is 0 Å². The van der Waals surface area contributed by atoms with E-state index in [4.69, 9.17) is 4.42 Å². The van der Waals surface area contributed by atoms with Crippen LogP contribution in [0.15, 0.2) is 117 Å². The van der Waals surface area contributed by atoms with Crippen LogP contribution in [-0.4, -0.2) is 0 Å². The molecule has 6 atom stereocenters. The minimum absolute atomic E-state index is 0.0533. The van der Waals surface area contributed by atoms with E-state index in [0.717, 1.165) is 34.8 Å². The van der Waals surface area contributed by atoms with Gasteiger partial charge in [0.25, 0.3) is 0 Å². The van der Waals surface area contributed by atoms with E-state index in [9.17, 15) is 0 Å². The van der Waals surface area contributed by atoms with Gasteiger partial charge in [-0.25, -0.2) is 0 Å². The second kappa shape index (κ2) is 9.53. The third-order valence-electron chi connectivity index (χ3n) is 15.4. The van der Waals surface area contributed by atoms with Crippen molar-refractivity contribution in [2.45, 2.75) is 92.3 Å². The first kappa shape index (κ1) is 29.6. The van der Waals surface area contributed by atoms with E-state index < -0.39 is 0 Å². The van der Waals surface area contributed by atoms with Crippen molar-refractivity contribution >= 4 is 50.8 Å². The SMILES string of the molecule is CC1(C)CCC(C)(C)c2c(N(c3ccc4c(c3)C3(c5ccccc5S4)C4CC5CC6CC3C64C5)c3ccc4c(c3)oc3ccccc34)cccc21. The molecule has 6 aromatic rings. The number of benzene rings is 5. The van der Waals surface area contributed by atoms with Crippen LogP contribution in [0.5, 0.6) is 0 Å². The van der Waals surface area contributed by atoms with Gasteiger partial charge in [-0.2, -0.15) is 0 Å². The van der Waals surface area contributed by atoms with Crippen LogP contribution >= 0.6 is 11.8 Å². The van der Waals surface area contributed by atoms with Crippen LogP contribution in [0, 0.1) is 29.1 Å². The molecule has 51 heavy (non-hydrogen) atoms. The molecule has 2 bridgehead atoms. The normalized spacial score (nSPS) is 31.1. The van der Waals surface area contributed by atoms with Gasteiger partial charge in [-0.1, -0.05) is 88.0 Å². The fraction of sp³-hybridized carbons (Fsp3) is 0.375. The predicted octanol–water partition coefficient (Wildman–Crippen LogP) is 13.2. The molecule has 6 aliphatic rings. The third kappa shape index (κ3) is 3.49. The number of hydrogen-bond donors (Lipinski definition) is 0. The fourth-order valence-corrected chi connectivity index (χ4v) is 14.6. The molecular weight excluding hydrogens is 639 g/mol. The van der Waals surface area contributed by atoms with Gasteiger partial charge in [-0.15, -0.1) is 0 Å². The van der Waals surface area contributed by atoms with Gasteiger partial charge in [0, 0.05) is 43.4 Å². The van der Waals surface area contributed by atoms with Crippen molar-refractivity contribution in [1.82, 2.24) is 0 Å². The van der Waals surface area contributed by atoms with Gasteiger partial charge in [0.15, 0.2) is 0 Å². The van der Waals surface area contributed by atoms with E-state index in [0.29, 0.717) is 5.41 Å². The lowest BCUT2D eigenvalue weighted by atomic mass is 9.26. The summed E-state index contributed by atoms with van der Waals surface area (Å²) in [4.78, 5) is 5.57. The van der Waals surface area contributed by atoms with Crippen LogP contribution in [0.2, 0.25) is 0 Å².